The van der Waals surface area contributed by atoms with E-state index in [1.54, 1.807) is 0 Å². The summed E-state index contributed by atoms with van der Waals surface area (Å²) in [7, 11) is 0. The van der Waals surface area contributed by atoms with Crippen LogP contribution in [0.25, 0.3) is 0 Å². The number of carbonyl (C=O) groups excluding carboxylic acids is 1. The third-order valence-electron chi connectivity index (χ3n) is 3.25. The molecule has 0 aromatic rings. The Morgan fingerprint density at radius 2 is 2.00 bits per heavy atom. The van der Waals surface area contributed by atoms with Gasteiger partial charge in [0.15, 0.2) is 0 Å². The highest BCUT2D eigenvalue weighted by Crippen LogP contribution is 2.24. The smallest absolute Gasteiger partial charge is 0.223 e. The Labute approximate surface area is 86.4 Å². The van der Waals surface area contributed by atoms with Gasteiger partial charge < -0.3 is 11.1 Å². The second kappa shape index (κ2) is 4.78. The lowest BCUT2D eigenvalue weighted by Gasteiger charge is -2.32. The summed E-state index contributed by atoms with van der Waals surface area (Å²) in [4.78, 5) is 11.6. The molecular weight excluding hydrogens is 176 g/mol. The Bertz CT molecular complexity index is 197. The van der Waals surface area contributed by atoms with Crippen molar-refractivity contribution in [3.8, 4) is 0 Å². The van der Waals surface area contributed by atoms with Gasteiger partial charge in [-0.05, 0) is 24.7 Å². The zero-order chi connectivity index (χ0) is 10.7. The maximum Gasteiger partial charge on any atom is 0.223 e. The second-order valence-corrected chi connectivity index (χ2v) is 4.88. The van der Waals surface area contributed by atoms with Gasteiger partial charge in [-0.2, -0.15) is 0 Å². The van der Waals surface area contributed by atoms with Gasteiger partial charge in [-0.3, -0.25) is 4.79 Å². The van der Waals surface area contributed by atoms with Gasteiger partial charge in [-0.15, -0.1) is 0 Å². The molecule has 0 aromatic heterocycles. The van der Waals surface area contributed by atoms with Crippen molar-refractivity contribution >= 4 is 5.91 Å². The molecule has 14 heavy (non-hydrogen) atoms. The van der Waals surface area contributed by atoms with Gasteiger partial charge >= 0.3 is 0 Å². The zero-order valence-electron chi connectivity index (χ0n) is 9.42. The van der Waals surface area contributed by atoms with Crippen molar-refractivity contribution in [2.24, 2.45) is 23.5 Å². The van der Waals surface area contributed by atoms with E-state index >= 15 is 0 Å². The molecule has 1 amide bonds. The summed E-state index contributed by atoms with van der Waals surface area (Å²) >= 11 is 0. The lowest BCUT2D eigenvalue weighted by Crippen LogP contribution is -2.44. The maximum absolute atomic E-state index is 11.6. The van der Waals surface area contributed by atoms with Gasteiger partial charge in [0.05, 0.1) is 0 Å². The SMILES string of the molecule is CC(C)C(C)C(=O)NCC1CC(N)C1. The van der Waals surface area contributed by atoms with Crippen LogP contribution in [-0.4, -0.2) is 18.5 Å². The van der Waals surface area contributed by atoms with Crippen molar-refractivity contribution in [2.75, 3.05) is 6.54 Å². The second-order valence-electron chi connectivity index (χ2n) is 4.88. The van der Waals surface area contributed by atoms with Crippen molar-refractivity contribution in [1.82, 2.24) is 5.32 Å². The first-order valence-corrected chi connectivity index (χ1v) is 5.54. The Morgan fingerprint density at radius 1 is 1.43 bits per heavy atom. The molecule has 3 nitrogen and oxygen atoms in total. The largest absolute Gasteiger partial charge is 0.356 e. The fourth-order valence-corrected chi connectivity index (χ4v) is 1.66. The van der Waals surface area contributed by atoms with Crippen molar-refractivity contribution < 1.29 is 4.79 Å². The Morgan fingerprint density at radius 3 is 2.43 bits per heavy atom. The quantitative estimate of drug-likeness (QED) is 0.711. The lowest BCUT2D eigenvalue weighted by atomic mass is 9.81. The molecule has 0 radical (unpaired) electrons. The fourth-order valence-electron chi connectivity index (χ4n) is 1.66. The van der Waals surface area contributed by atoms with Crippen molar-refractivity contribution in [3.05, 3.63) is 0 Å². The summed E-state index contributed by atoms with van der Waals surface area (Å²) in [5, 5.41) is 2.99. The van der Waals surface area contributed by atoms with Gasteiger partial charge in [-0.25, -0.2) is 0 Å². The van der Waals surface area contributed by atoms with E-state index < -0.39 is 0 Å². The summed E-state index contributed by atoms with van der Waals surface area (Å²) < 4.78 is 0. The van der Waals surface area contributed by atoms with E-state index in [2.05, 4.69) is 19.2 Å². The number of carbonyl (C=O) groups is 1. The van der Waals surface area contributed by atoms with Crippen LogP contribution in [0.5, 0.6) is 0 Å². The first-order chi connectivity index (χ1) is 6.50. The normalized spacial score (nSPS) is 28.4. The third kappa shape index (κ3) is 2.98. The van der Waals surface area contributed by atoms with Crippen LogP contribution in [0.2, 0.25) is 0 Å². The maximum atomic E-state index is 11.6. The predicted molar refractivity (Wildman–Crippen MR) is 57.7 cm³/mol. The van der Waals surface area contributed by atoms with Gasteiger partial charge in [-0.1, -0.05) is 20.8 Å². The van der Waals surface area contributed by atoms with Gasteiger partial charge in [0.1, 0.15) is 0 Å². The van der Waals surface area contributed by atoms with E-state index in [9.17, 15) is 4.79 Å². The number of nitrogens with one attached hydrogen (secondary N) is 1. The van der Waals surface area contributed by atoms with Crippen LogP contribution in [0.1, 0.15) is 33.6 Å². The molecule has 0 heterocycles. The van der Waals surface area contributed by atoms with E-state index in [-0.39, 0.29) is 11.8 Å². The number of rotatable bonds is 4. The highest BCUT2D eigenvalue weighted by Gasteiger charge is 2.26. The molecule has 1 fully saturated rings. The summed E-state index contributed by atoms with van der Waals surface area (Å²) in [5.74, 6) is 1.33. The molecule has 0 aliphatic heterocycles. The van der Waals surface area contributed by atoms with Crippen LogP contribution in [0.15, 0.2) is 0 Å². The molecular formula is C11H22N2O. The molecule has 1 aliphatic carbocycles. The summed E-state index contributed by atoms with van der Waals surface area (Å²) in [5.41, 5.74) is 5.67. The molecule has 0 aromatic carbocycles. The molecule has 82 valence electrons. The number of nitrogens with two attached hydrogens (primary N) is 1. The average Bonchev–Trinajstić information content (AvgIpc) is 2.08. The van der Waals surface area contributed by atoms with E-state index in [4.69, 9.17) is 5.73 Å². The average molecular weight is 198 g/mol. The van der Waals surface area contributed by atoms with Crippen LogP contribution in [-0.2, 0) is 4.79 Å². The molecule has 1 saturated carbocycles. The molecule has 1 aliphatic rings. The molecule has 0 spiro atoms. The first kappa shape index (κ1) is 11.5. The summed E-state index contributed by atoms with van der Waals surface area (Å²) in [6, 6.07) is 0.374. The Kier molecular flexibility index (Phi) is 3.93. The van der Waals surface area contributed by atoms with E-state index in [1.165, 1.54) is 0 Å². The van der Waals surface area contributed by atoms with Crippen LogP contribution >= 0.6 is 0 Å². The summed E-state index contributed by atoms with van der Waals surface area (Å²) in [6.45, 7) is 6.93. The third-order valence-corrected chi connectivity index (χ3v) is 3.25. The molecule has 0 bridgehead atoms. The van der Waals surface area contributed by atoms with E-state index in [1.807, 2.05) is 6.92 Å². The highest BCUT2D eigenvalue weighted by molar-refractivity contribution is 5.78. The van der Waals surface area contributed by atoms with Crippen LogP contribution < -0.4 is 11.1 Å². The number of hydrogen-bond acceptors (Lipinski definition) is 2. The molecule has 3 heteroatoms. The van der Waals surface area contributed by atoms with Crippen molar-refractivity contribution in [3.63, 3.8) is 0 Å². The van der Waals surface area contributed by atoms with E-state index in [0.717, 1.165) is 19.4 Å². The predicted octanol–water partition coefficient (Wildman–Crippen LogP) is 1.13. The van der Waals surface area contributed by atoms with Crippen LogP contribution in [0.4, 0.5) is 0 Å². The van der Waals surface area contributed by atoms with Gasteiger partial charge in [0, 0.05) is 18.5 Å². The minimum atomic E-state index is 0.115. The first-order valence-electron chi connectivity index (χ1n) is 5.54. The Hall–Kier alpha value is -0.570. The van der Waals surface area contributed by atoms with Gasteiger partial charge in [0.2, 0.25) is 5.91 Å². The fraction of sp³-hybridized carbons (Fsp3) is 0.909. The van der Waals surface area contributed by atoms with E-state index in [0.29, 0.717) is 17.9 Å². The van der Waals surface area contributed by atoms with Crippen LogP contribution in [0, 0.1) is 17.8 Å². The standard InChI is InChI=1S/C11H22N2O/c1-7(2)8(3)11(14)13-6-9-4-10(12)5-9/h7-10H,4-6,12H2,1-3H3,(H,13,14). The Balaban J connectivity index is 2.15. The topological polar surface area (TPSA) is 55.1 Å². The number of amides is 1. The zero-order valence-corrected chi connectivity index (χ0v) is 9.42. The van der Waals surface area contributed by atoms with Crippen LogP contribution in [0.3, 0.4) is 0 Å². The highest BCUT2D eigenvalue weighted by atomic mass is 16.1. The molecule has 1 unspecified atom stereocenters. The molecule has 0 saturated heterocycles. The minimum Gasteiger partial charge on any atom is -0.356 e. The summed E-state index contributed by atoms with van der Waals surface area (Å²) in [6.07, 6.45) is 2.13. The molecule has 1 atom stereocenters. The van der Waals surface area contributed by atoms with Crippen molar-refractivity contribution in [2.45, 2.75) is 39.7 Å². The molecule has 1 rings (SSSR count). The number of hydrogen-bond donors (Lipinski definition) is 2. The molecule has 3 N–H and O–H groups in total. The monoisotopic (exact) mass is 198 g/mol. The van der Waals surface area contributed by atoms with Crippen molar-refractivity contribution in [1.29, 1.82) is 0 Å². The lowest BCUT2D eigenvalue weighted by molar-refractivity contribution is -0.126. The van der Waals surface area contributed by atoms with Gasteiger partial charge in [0.25, 0.3) is 0 Å². The minimum absolute atomic E-state index is 0.115.